The van der Waals surface area contributed by atoms with Crippen molar-refractivity contribution in [3.63, 3.8) is 0 Å². The molecule has 38 heavy (non-hydrogen) atoms. The van der Waals surface area contributed by atoms with Gasteiger partial charge in [-0.2, -0.15) is 4.31 Å². The number of sulfonamides is 2. The standard InChI is InChI=1S/C28H33N3O5S2/c1-21-8-12-25(13-9-21)37(33,34)30-18-16-29(17-19-30)28(32)20-31(27-7-5-6-23(3)24(27)4)38(35,36)26-14-10-22(2)11-15-26/h5-15H,16-20H2,1-4H3. The second kappa shape index (κ2) is 10.9. The Morgan fingerprint density at radius 2 is 1.26 bits per heavy atom. The molecule has 0 atom stereocenters. The molecule has 0 bridgehead atoms. The van der Waals surface area contributed by atoms with E-state index in [1.165, 1.54) is 9.21 Å². The molecule has 3 aromatic carbocycles. The van der Waals surface area contributed by atoms with E-state index >= 15 is 0 Å². The van der Waals surface area contributed by atoms with Crippen molar-refractivity contribution in [3.8, 4) is 0 Å². The summed E-state index contributed by atoms with van der Waals surface area (Å²) in [5.74, 6) is -0.381. The monoisotopic (exact) mass is 555 g/mol. The third-order valence-electron chi connectivity index (χ3n) is 6.98. The van der Waals surface area contributed by atoms with Crippen molar-refractivity contribution < 1.29 is 21.6 Å². The summed E-state index contributed by atoms with van der Waals surface area (Å²) in [4.78, 5) is 15.3. The van der Waals surface area contributed by atoms with E-state index in [4.69, 9.17) is 0 Å². The molecular formula is C28H33N3O5S2. The molecule has 4 rings (SSSR count). The summed E-state index contributed by atoms with van der Waals surface area (Å²) in [5.41, 5.74) is 4.02. The maximum absolute atomic E-state index is 13.8. The molecule has 0 saturated carbocycles. The maximum atomic E-state index is 13.8. The van der Waals surface area contributed by atoms with E-state index in [0.29, 0.717) is 5.69 Å². The molecule has 0 aromatic heterocycles. The molecule has 0 radical (unpaired) electrons. The number of carbonyl (C=O) groups excluding carboxylic acids is 1. The van der Waals surface area contributed by atoms with Crippen LogP contribution in [-0.4, -0.2) is 64.7 Å². The lowest BCUT2D eigenvalue weighted by Gasteiger charge is -2.35. The Kier molecular flexibility index (Phi) is 7.96. The summed E-state index contributed by atoms with van der Waals surface area (Å²) in [5, 5.41) is 0. The first-order valence-corrected chi connectivity index (χ1v) is 15.3. The van der Waals surface area contributed by atoms with Gasteiger partial charge in [0, 0.05) is 26.2 Å². The van der Waals surface area contributed by atoms with Gasteiger partial charge < -0.3 is 4.90 Å². The van der Waals surface area contributed by atoms with Gasteiger partial charge in [0.1, 0.15) is 6.54 Å². The van der Waals surface area contributed by atoms with Crippen LogP contribution in [0.25, 0.3) is 0 Å². The smallest absolute Gasteiger partial charge is 0.264 e. The first-order chi connectivity index (χ1) is 17.9. The Balaban J connectivity index is 1.56. The van der Waals surface area contributed by atoms with Crippen molar-refractivity contribution in [2.75, 3.05) is 37.0 Å². The summed E-state index contributed by atoms with van der Waals surface area (Å²) >= 11 is 0. The molecule has 10 heteroatoms. The summed E-state index contributed by atoms with van der Waals surface area (Å²) in [6, 6.07) is 18.6. The molecule has 1 aliphatic rings. The molecule has 1 amide bonds. The van der Waals surface area contributed by atoms with Crippen molar-refractivity contribution in [1.82, 2.24) is 9.21 Å². The molecule has 0 spiro atoms. The van der Waals surface area contributed by atoms with Crippen molar-refractivity contribution in [2.45, 2.75) is 37.5 Å². The van der Waals surface area contributed by atoms with E-state index in [1.807, 2.05) is 33.8 Å². The first-order valence-electron chi connectivity index (χ1n) is 12.4. The molecule has 0 unspecified atom stereocenters. The largest absolute Gasteiger partial charge is 0.338 e. The highest BCUT2D eigenvalue weighted by Crippen LogP contribution is 2.29. The molecule has 0 aliphatic carbocycles. The van der Waals surface area contributed by atoms with Crippen LogP contribution in [0.2, 0.25) is 0 Å². The number of carbonyl (C=O) groups is 1. The minimum absolute atomic E-state index is 0.103. The van der Waals surface area contributed by atoms with Gasteiger partial charge in [-0.3, -0.25) is 9.10 Å². The number of amides is 1. The Labute approximate surface area is 225 Å². The van der Waals surface area contributed by atoms with Crippen LogP contribution in [0.5, 0.6) is 0 Å². The third-order valence-corrected chi connectivity index (χ3v) is 10.7. The van der Waals surface area contributed by atoms with Crippen LogP contribution in [0.1, 0.15) is 22.3 Å². The van der Waals surface area contributed by atoms with Crippen molar-refractivity contribution in [3.05, 3.63) is 89.0 Å². The van der Waals surface area contributed by atoms with Crippen molar-refractivity contribution in [2.24, 2.45) is 0 Å². The topological polar surface area (TPSA) is 95.1 Å². The summed E-state index contributed by atoms with van der Waals surface area (Å²) in [6.07, 6.45) is 0. The van der Waals surface area contributed by atoms with E-state index in [1.54, 1.807) is 60.7 Å². The Bertz CT molecular complexity index is 1530. The normalized spacial score (nSPS) is 14.9. The van der Waals surface area contributed by atoms with Crippen LogP contribution < -0.4 is 4.31 Å². The van der Waals surface area contributed by atoms with Gasteiger partial charge in [0.2, 0.25) is 15.9 Å². The highest BCUT2D eigenvalue weighted by Gasteiger charge is 2.33. The zero-order valence-electron chi connectivity index (χ0n) is 22.1. The highest BCUT2D eigenvalue weighted by molar-refractivity contribution is 7.92. The van der Waals surface area contributed by atoms with Gasteiger partial charge in [0.05, 0.1) is 15.5 Å². The van der Waals surface area contributed by atoms with E-state index in [9.17, 15) is 21.6 Å². The second-order valence-electron chi connectivity index (χ2n) is 9.64. The molecule has 1 heterocycles. The van der Waals surface area contributed by atoms with Crippen LogP contribution in [0, 0.1) is 27.7 Å². The predicted molar refractivity (Wildman–Crippen MR) is 148 cm³/mol. The van der Waals surface area contributed by atoms with E-state index in [-0.39, 0.29) is 48.4 Å². The van der Waals surface area contributed by atoms with Crippen LogP contribution in [-0.2, 0) is 24.8 Å². The molecule has 1 aliphatic heterocycles. The fraction of sp³-hybridized carbons (Fsp3) is 0.321. The first kappa shape index (κ1) is 27.8. The second-order valence-corrected chi connectivity index (χ2v) is 13.4. The molecule has 3 aromatic rings. The van der Waals surface area contributed by atoms with Crippen molar-refractivity contribution >= 4 is 31.6 Å². The van der Waals surface area contributed by atoms with Gasteiger partial charge in [-0.25, -0.2) is 16.8 Å². The fourth-order valence-corrected chi connectivity index (χ4v) is 7.30. The molecule has 1 fully saturated rings. The average molecular weight is 556 g/mol. The number of hydrogen-bond donors (Lipinski definition) is 0. The zero-order valence-corrected chi connectivity index (χ0v) is 23.7. The minimum atomic E-state index is -4.04. The number of piperazine rings is 1. The van der Waals surface area contributed by atoms with Gasteiger partial charge in [0.25, 0.3) is 10.0 Å². The molecule has 8 nitrogen and oxygen atoms in total. The van der Waals surface area contributed by atoms with Crippen LogP contribution in [0.15, 0.2) is 76.5 Å². The van der Waals surface area contributed by atoms with Gasteiger partial charge in [-0.15, -0.1) is 0 Å². The number of nitrogens with zero attached hydrogens (tertiary/aromatic N) is 3. The zero-order chi connectivity index (χ0) is 27.7. The van der Waals surface area contributed by atoms with Gasteiger partial charge in [-0.05, 0) is 69.2 Å². The molecular weight excluding hydrogens is 522 g/mol. The Hall–Kier alpha value is -3.21. The van der Waals surface area contributed by atoms with Gasteiger partial charge in [-0.1, -0.05) is 47.5 Å². The number of rotatable bonds is 7. The lowest BCUT2D eigenvalue weighted by molar-refractivity contribution is -0.130. The SMILES string of the molecule is Cc1ccc(S(=O)(=O)N2CCN(C(=O)CN(c3cccc(C)c3C)S(=O)(=O)c3ccc(C)cc3)CC2)cc1. The minimum Gasteiger partial charge on any atom is -0.338 e. The van der Waals surface area contributed by atoms with Crippen LogP contribution >= 0.6 is 0 Å². The lowest BCUT2D eigenvalue weighted by Crippen LogP contribution is -2.53. The number of hydrogen-bond acceptors (Lipinski definition) is 5. The van der Waals surface area contributed by atoms with Gasteiger partial charge >= 0.3 is 0 Å². The summed E-state index contributed by atoms with van der Waals surface area (Å²) in [6.45, 7) is 7.73. The highest BCUT2D eigenvalue weighted by atomic mass is 32.2. The summed E-state index contributed by atoms with van der Waals surface area (Å²) < 4.78 is 56.2. The number of anilines is 1. The van der Waals surface area contributed by atoms with Crippen LogP contribution in [0.3, 0.4) is 0 Å². The Morgan fingerprint density at radius 1 is 0.737 bits per heavy atom. The average Bonchev–Trinajstić information content (AvgIpc) is 2.89. The van der Waals surface area contributed by atoms with E-state index in [2.05, 4.69) is 0 Å². The van der Waals surface area contributed by atoms with Crippen molar-refractivity contribution in [1.29, 1.82) is 0 Å². The Morgan fingerprint density at radius 3 is 1.82 bits per heavy atom. The third kappa shape index (κ3) is 5.62. The summed E-state index contributed by atoms with van der Waals surface area (Å²) in [7, 11) is -7.72. The van der Waals surface area contributed by atoms with Gasteiger partial charge in [0.15, 0.2) is 0 Å². The lowest BCUT2D eigenvalue weighted by atomic mass is 10.1. The number of benzene rings is 3. The quantitative estimate of drug-likeness (QED) is 0.444. The predicted octanol–water partition coefficient (Wildman–Crippen LogP) is 3.65. The molecule has 0 N–H and O–H groups in total. The number of aryl methyl sites for hydroxylation is 3. The fourth-order valence-electron chi connectivity index (χ4n) is 4.40. The van der Waals surface area contributed by atoms with E-state index < -0.39 is 20.0 Å². The maximum Gasteiger partial charge on any atom is 0.264 e. The molecule has 1 saturated heterocycles. The molecule has 202 valence electrons. The van der Waals surface area contributed by atoms with E-state index in [0.717, 1.165) is 26.6 Å². The van der Waals surface area contributed by atoms with Crippen LogP contribution in [0.4, 0.5) is 5.69 Å².